The van der Waals surface area contributed by atoms with Gasteiger partial charge in [0.2, 0.25) is 0 Å². The van der Waals surface area contributed by atoms with Crippen molar-refractivity contribution < 1.29 is 0 Å². The van der Waals surface area contributed by atoms with Gasteiger partial charge in [-0.25, -0.2) is 0 Å². The number of aromatic nitrogens is 2. The molecule has 0 unspecified atom stereocenters. The Bertz CT molecular complexity index is 1590. The fourth-order valence-corrected chi connectivity index (χ4v) is 4.64. The summed E-state index contributed by atoms with van der Waals surface area (Å²) in [4.78, 5) is 35.7. The number of benzene rings is 3. The molecule has 2 heterocycles. The van der Waals surface area contributed by atoms with Crippen LogP contribution >= 0.6 is 0 Å². The van der Waals surface area contributed by atoms with Gasteiger partial charge in [-0.15, -0.1) is 0 Å². The summed E-state index contributed by atoms with van der Waals surface area (Å²) in [6, 6.07) is 15.3. The van der Waals surface area contributed by atoms with Crippen molar-refractivity contribution in [3.63, 3.8) is 0 Å². The summed E-state index contributed by atoms with van der Waals surface area (Å²) in [6.45, 7) is 8.14. The molecule has 0 bridgehead atoms. The Morgan fingerprint density at radius 3 is 2.03 bits per heavy atom. The zero-order valence-electron chi connectivity index (χ0n) is 18.0. The summed E-state index contributed by atoms with van der Waals surface area (Å²) in [5.41, 5.74) is 5.07. The Hall–Kier alpha value is -3.60. The van der Waals surface area contributed by atoms with Gasteiger partial charge in [0.1, 0.15) is 0 Å². The Balaban J connectivity index is 1.90. The van der Waals surface area contributed by atoms with Crippen LogP contribution in [-0.4, -0.2) is 23.1 Å². The molecule has 0 spiro atoms. The maximum Gasteiger partial charge on any atom is 0.197 e. The van der Waals surface area contributed by atoms with Crippen LogP contribution in [0, 0.1) is 0 Å². The minimum atomic E-state index is -0.0293. The van der Waals surface area contributed by atoms with E-state index in [2.05, 4.69) is 47.8 Å². The normalized spacial score (nSPS) is 11.7. The van der Waals surface area contributed by atoms with E-state index in [-0.39, 0.29) is 10.9 Å². The van der Waals surface area contributed by atoms with Gasteiger partial charge >= 0.3 is 0 Å². The molecular formula is C26H25N3O2. The summed E-state index contributed by atoms with van der Waals surface area (Å²) in [5.74, 6) is 0. The summed E-state index contributed by atoms with van der Waals surface area (Å²) in [6.07, 6.45) is 0.773. The predicted molar refractivity (Wildman–Crippen MR) is 131 cm³/mol. The molecule has 31 heavy (non-hydrogen) atoms. The van der Waals surface area contributed by atoms with Crippen LogP contribution in [0.3, 0.4) is 0 Å². The first kappa shape index (κ1) is 19.4. The number of aryl methyl sites for hydroxylation is 1. The number of hydrogen-bond donors (Lipinski definition) is 2. The second-order valence-corrected chi connectivity index (χ2v) is 7.95. The number of anilines is 1. The van der Waals surface area contributed by atoms with Crippen LogP contribution in [0.1, 0.15) is 26.3 Å². The van der Waals surface area contributed by atoms with Crippen molar-refractivity contribution in [2.75, 3.05) is 18.0 Å². The molecule has 0 aliphatic carbocycles. The molecule has 0 amide bonds. The molecule has 5 heteroatoms. The van der Waals surface area contributed by atoms with Crippen LogP contribution < -0.4 is 15.8 Å². The molecule has 0 saturated carbocycles. The number of nitrogens with one attached hydrogen (secondary N) is 2. The van der Waals surface area contributed by atoms with Crippen molar-refractivity contribution in [2.24, 2.45) is 0 Å². The Morgan fingerprint density at radius 2 is 1.35 bits per heavy atom. The second-order valence-electron chi connectivity index (χ2n) is 7.95. The van der Waals surface area contributed by atoms with Gasteiger partial charge in [-0.05, 0) is 62.2 Å². The Labute approximate surface area is 179 Å². The first-order valence-electron chi connectivity index (χ1n) is 10.9. The number of fused-ring (bicyclic) bond motifs is 4. The highest BCUT2D eigenvalue weighted by Crippen LogP contribution is 2.27. The molecule has 3 aromatic carbocycles. The van der Waals surface area contributed by atoms with Gasteiger partial charge < -0.3 is 14.9 Å². The quantitative estimate of drug-likeness (QED) is 0.405. The number of para-hydroxylation sites is 1. The molecule has 0 radical (unpaired) electrons. The number of rotatable bonds is 4. The molecule has 5 aromatic rings. The van der Waals surface area contributed by atoms with E-state index in [1.165, 1.54) is 0 Å². The van der Waals surface area contributed by atoms with Crippen molar-refractivity contribution >= 4 is 49.3 Å². The molecule has 0 aliphatic rings. The third-order valence-electron chi connectivity index (χ3n) is 6.30. The first-order chi connectivity index (χ1) is 15.0. The smallest absolute Gasteiger partial charge is 0.197 e. The van der Waals surface area contributed by atoms with E-state index in [0.717, 1.165) is 47.2 Å². The SMILES string of the molecule is CCc1cc(N(CC)CC)cc2[nH]c3cc4c(=O)c5ccccc5[nH]c4cc3c(=O)c12. The predicted octanol–water partition coefficient (Wildman–Crippen LogP) is 5.08. The van der Waals surface area contributed by atoms with E-state index in [9.17, 15) is 9.59 Å². The number of aromatic amines is 2. The second kappa shape index (κ2) is 7.27. The highest BCUT2D eigenvalue weighted by molar-refractivity contribution is 6.03. The fourth-order valence-electron chi connectivity index (χ4n) is 4.64. The standard InChI is InChI=1S/C26H25N3O2/c1-4-15-11-16(29(5-2)6-3)12-23-24(15)26(31)19-14-21-18(13-22(19)28-23)25(30)17-9-7-8-10-20(17)27-21/h7-14H,4-6H2,1-3H3,(H,27,30)(H,28,31). The van der Waals surface area contributed by atoms with Gasteiger partial charge in [0.15, 0.2) is 10.9 Å². The van der Waals surface area contributed by atoms with Crippen molar-refractivity contribution in [3.05, 3.63) is 74.5 Å². The Kier molecular flexibility index (Phi) is 4.54. The van der Waals surface area contributed by atoms with Gasteiger partial charge in [-0.2, -0.15) is 0 Å². The minimum Gasteiger partial charge on any atom is -0.372 e. The molecule has 5 rings (SSSR count). The van der Waals surface area contributed by atoms with Crippen LogP contribution in [0.2, 0.25) is 0 Å². The van der Waals surface area contributed by atoms with Gasteiger partial charge in [-0.1, -0.05) is 19.1 Å². The van der Waals surface area contributed by atoms with Crippen LogP contribution in [0.15, 0.2) is 58.1 Å². The highest BCUT2D eigenvalue weighted by atomic mass is 16.1. The monoisotopic (exact) mass is 411 g/mol. The molecule has 0 fully saturated rings. The molecule has 156 valence electrons. The Morgan fingerprint density at radius 1 is 0.710 bits per heavy atom. The molecule has 0 atom stereocenters. The number of pyridine rings is 2. The minimum absolute atomic E-state index is 0.00241. The third kappa shape index (κ3) is 2.92. The van der Waals surface area contributed by atoms with E-state index in [4.69, 9.17) is 0 Å². The van der Waals surface area contributed by atoms with Crippen LogP contribution in [0.25, 0.3) is 43.6 Å². The zero-order chi connectivity index (χ0) is 21.7. The number of nitrogens with zero attached hydrogens (tertiary/aromatic N) is 1. The topological polar surface area (TPSA) is 69.0 Å². The molecule has 2 aromatic heterocycles. The lowest BCUT2D eigenvalue weighted by Crippen LogP contribution is -2.22. The average molecular weight is 412 g/mol. The van der Waals surface area contributed by atoms with Crippen molar-refractivity contribution in [1.82, 2.24) is 9.97 Å². The number of hydrogen-bond acceptors (Lipinski definition) is 3. The molecule has 5 nitrogen and oxygen atoms in total. The van der Waals surface area contributed by atoms with Crippen LogP contribution in [0.5, 0.6) is 0 Å². The lowest BCUT2D eigenvalue weighted by molar-refractivity contribution is 0.865. The molecular weight excluding hydrogens is 386 g/mol. The molecule has 2 N–H and O–H groups in total. The van der Waals surface area contributed by atoms with Crippen molar-refractivity contribution in [3.8, 4) is 0 Å². The maximum absolute atomic E-state index is 13.6. The van der Waals surface area contributed by atoms with Crippen molar-refractivity contribution in [1.29, 1.82) is 0 Å². The van der Waals surface area contributed by atoms with Crippen molar-refractivity contribution in [2.45, 2.75) is 27.2 Å². The molecule has 0 aliphatic heterocycles. The molecule has 0 saturated heterocycles. The lowest BCUT2D eigenvalue weighted by Gasteiger charge is -2.22. The summed E-state index contributed by atoms with van der Waals surface area (Å²) < 4.78 is 0. The number of H-pyrrole nitrogens is 2. The van der Waals surface area contributed by atoms with E-state index < -0.39 is 0 Å². The van der Waals surface area contributed by atoms with E-state index >= 15 is 0 Å². The average Bonchev–Trinajstić information content (AvgIpc) is 2.79. The van der Waals surface area contributed by atoms with Gasteiger partial charge in [0.05, 0.1) is 16.6 Å². The summed E-state index contributed by atoms with van der Waals surface area (Å²) in [5, 5.41) is 2.55. The first-order valence-corrected chi connectivity index (χ1v) is 10.9. The lowest BCUT2D eigenvalue weighted by atomic mass is 10.0. The highest BCUT2D eigenvalue weighted by Gasteiger charge is 2.15. The maximum atomic E-state index is 13.6. The fraction of sp³-hybridized carbons (Fsp3) is 0.231. The van der Waals surface area contributed by atoms with Gasteiger partial charge in [0, 0.05) is 45.8 Å². The summed E-state index contributed by atoms with van der Waals surface area (Å²) >= 11 is 0. The summed E-state index contributed by atoms with van der Waals surface area (Å²) in [7, 11) is 0. The van der Waals surface area contributed by atoms with Crippen LogP contribution in [0.4, 0.5) is 5.69 Å². The largest absolute Gasteiger partial charge is 0.372 e. The zero-order valence-corrected chi connectivity index (χ0v) is 18.0. The van der Waals surface area contributed by atoms with E-state index in [1.54, 1.807) is 0 Å². The third-order valence-corrected chi connectivity index (χ3v) is 6.30. The van der Waals surface area contributed by atoms with Gasteiger partial charge in [0.25, 0.3) is 0 Å². The van der Waals surface area contributed by atoms with Gasteiger partial charge in [-0.3, -0.25) is 9.59 Å². The van der Waals surface area contributed by atoms with Crippen LogP contribution in [-0.2, 0) is 6.42 Å². The van der Waals surface area contributed by atoms with E-state index in [1.807, 2.05) is 36.4 Å². The van der Waals surface area contributed by atoms with E-state index in [0.29, 0.717) is 27.2 Å².